The molecule has 1 N–H and O–H groups in total. The standard InChI is InChI=1S/C13H18N4S/c1-5-11-6-12(17-10(4)16-11)15-9(3)13-14-8(2)7-18-13/h6-7,9H,5H2,1-4H3,(H,15,16,17). The van der Waals surface area contributed by atoms with Gasteiger partial charge in [0, 0.05) is 22.8 Å². The lowest BCUT2D eigenvalue weighted by molar-refractivity contribution is 0.843. The summed E-state index contributed by atoms with van der Waals surface area (Å²) in [7, 11) is 0. The van der Waals surface area contributed by atoms with Crippen molar-refractivity contribution in [2.45, 2.75) is 40.2 Å². The molecule has 1 atom stereocenters. The third-order valence-corrected chi connectivity index (χ3v) is 3.77. The molecule has 0 aliphatic carbocycles. The van der Waals surface area contributed by atoms with Crippen LogP contribution >= 0.6 is 11.3 Å². The second kappa shape index (κ2) is 5.44. The average Bonchev–Trinajstić information content (AvgIpc) is 2.75. The molecule has 0 saturated heterocycles. The molecule has 18 heavy (non-hydrogen) atoms. The Bertz CT molecular complexity index is 536. The number of nitrogens with zero attached hydrogens (tertiary/aromatic N) is 3. The lowest BCUT2D eigenvalue weighted by Crippen LogP contribution is -2.09. The van der Waals surface area contributed by atoms with Crippen molar-refractivity contribution in [1.29, 1.82) is 0 Å². The van der Waals surface area contributed by atoms with Gasteiger partial charge in [-0.1, -0.05) is 6.92 Å². The van der Waals surface area contributed by atoms with Gasteiger partial charge in [-0.3, -0.25) is 0 Å². The van der Waals surface area contributed by atoms with E-state index in [1.54, 1.807) is 11.3 Å². The van der Waals surface area contributed by atoms with E-state index in [1.807, 2.05) is 19.9 Å². The molecule has 4 nitrogen and oxygen atoms in total. The fourth-order valence-corrected chi connectivity index (χ4v) is 2.54. The van der Waals surface area contributed by atoms with Gasteiger partial charge >= 0.3 is 0 Å². The third-order valence-electron chi connectivity index (χ3n) is 2.62. The maximum atomic E-state index is 4.48. The first-order valence-corrected chi connectivity index (χ1v) is 6.99. The zero-order chi connectivity index (χ0) is 13.1. The van der Waals surface area contributed by atoms with Crippen LogP contribution in [0.15, 0.2) is 11.4 Å². The van der Waals surface area contributed by atoms with Gasteiger partial charge in [-0.05, 0) is 27.2 Å². The maximum Gasteiger partial charge on any atom is 0.130 e. The lowest BCUT2D eigenvalue weighted by atomic mass is 10.3. The molecule has 96 valence electrons. The van der Waals surface area contributed by atoms with E-state index in [2.05, 4.69) is 39.5 Å². The SMILES string of the molecule is CCc1cc(NC(C)c2nc(C)cs2)nc(C)n1. The second-order valence-corrected chi connectivity index (χ2v) is 5.23. The van der Waals surface area contributed by atoms with E-state index in [0.29, 0.717) is 0 Å². The molecule has 5 heteroatoms. The molecule has 2 heterocycles. The summed E-state index contributed by atoms with van der Waals surface area (Å²) >= 11 is 1.67. The van der Waals surface area contributed by atoms with Crippen molar-refractivity contribution in [2.24, 2.45) is 0 Å². The Morgan fingerprint density at radius 3 is 2.67 bits per heavy atom. The van der Waals surface area contributed by atoms with Gasteiger partial charge in [0.1, 0.15) is 16.6 Å². The molecular weight excluding hydrogens is 244 g/mol. The number of thiazole rings is 1. The minimum atomic E-state index is 0.169. The summed E-state index contributed by atoms with van der Waals surface area (Å²) in [5, 5.41) is 6.53. The summed E-state index contributed by atoms with van der Waals surface area (Å²) in [4.78, 5) is 13.3. The maximum absolute atomic E-state index is 4.48. The zero-order valence-electron chi connectivity index (χ0n) is 11.2. The summed E-state index contributed by atoms with van der Waals surface area (Å²) in [6.07, 6.45) is 0.919. The molecule has 0 fully saturated rings. The van der Waals surface area contributed by atoms with Crippen LogP contribution in [-0.2, 0) is 6.42 Å². The molecule has 0 aromatic carbocycles. The summed E-state index contributed by atoms with van der Waals surface area (Å²) in [5.41, 5.74) is 2.13. The van der Waals surface area contributed by atoms with Gasteiger partial charge in [0.05, 0.1) is 6.04 Å². The van der Waals surface area contributed by atoms with Crippen LogP contribution in [0.4, 0.5) is 5.82 Å². The molecule has 0 radical (unpaired) electrons. The largest absolute Gasteiger partial charge is 0.361 e. The number of rotatable bonds is 4. The van der Waals surface area contributed by atoms with E-state index >= 15 is 0 Å². The van der Waals surface area contributed by atoms with Crippen LogP contribution in [0.5, 0.6) is 0 Å². The number of aromatic nitrogens is 3. The van der Waals surface area contributed by atoms with Crippen molar-refractivity contribution >= 4 is 17.2 Å². The molecule has 0 spiro atoms. The Labute approximate surface area is 112 Å². The quantitative estimate of drug-likeness (QED) is 0.918. The predicted molar refractivity (Wildman–Crippen MR) is 75.0 cm³/mol. The van der Waals surface area contributed by atoms with Gasteiger partial charge < -0.3 is 5.32 Å². The molecule has 1 unspecified atom stereocenters. The van der Waals surface area contributed by atoms with Crippen LogP contribution in [0.25, 0.3) is 0 Å². The third kappa shape index (κ3) is 3.04. The Balaban J connectivity index is 2.16. The van der Waals surface area contributed by atoms with E-state index in [0.717, 1.165) is 34.5 Å². The van der Waals surface area contributed by atoms with Crippen molar-refractivity contribution in [1.82, 2.24) is 15.0 Å². The van der Waals surface area contributed by atoms with E-state index in [4.69, 9.17) is 0 Å². The smallest absolute Gasteiger partial charge is 0.130 e. The minimum Gasteiger partial charge on any atom is -0.361 e. The van der Waals surface area contributed by atoms with Crippen LogP contribution in [-0.4, -0.2) is 15.0 Å². The van der Waals surface area contributed by atoms with Crippen molar-refractivity contribution in [3.05, 3.63) is 33.7 Å². The summed E-state index contributed by atoms with van der Waals surface area (Å²) in [6.45, 7) is 8.12. The topological polar surface area (TPSA) is 50.7 Å². The molecule has 0 saturated carbocycles. The second-order valence-electron chi connectivity index (χ2n) is 4.34. The van der Waals surface area contributed by atoms with Crippen molar-refractivity contribution < 1.29 is 0 Å². The zero-order valence-corrected chi connectivity index (χ0v) is 12.0. The number of hydrogen-bond donors (Lipinski definition) is 1. The predicted octanol–water partition coefficient (Wildman–Crippen LogP) is 3.29. The molecular formula is C13H18N4S. The highest BCUT2D eigenvalue weighted by molar-refractivity contribution is 7.09. The fourth-order valence-electron chi connectivity index (χ4n) is 1.74. The highest BCUT2D eigenvalue weighted by atomic mass is 32.1. The van der Waals surface area contributed by atoms with E-state index in [-0.39, 0.29) is 6.04 Å². The van der Waals surface area contributed by atoms with Gasteiger partial charge in [0.2, 0.25) is 0 Å². The highest BCUT2D eigenvalue weighted by Crippen LogP contribution is 2.21. The van der Waals surface area contributed by atoms with Crippen molar-refractivity contribution in [3.8, 4) is 0 Å². The number of aryl methyl sites for hydroxylation is 3. The average molecular weight is 262 g/mol. The molecule has 0 bridgehead atoms. The fraction of sp³-hybridized carbons (Fsp3) is 0.462. The van der Waals surface area contributed by atoms with Crippen LogP contribution in [0.3, 0.4) is 0 Å². The van der Waals surface area contributed by atoms with Crippen LogP contribution in [0.1, 0.15) is 42.1 Å². The summed E-state index contributed by atoms with van der Waals surface area (Å²) in [6, 6.07) is 2.17. The number of hydrogen-bond acceptors (Lipinski definition) is 5. The van der Waals surface area contributed by atoms with Crippen molar-refractivity contribution in [2.75, 3.05) is 5.32 Å². The molecule has 0 aliphatic rings. The van der Waals surface area contributed by atoms with Gasteiger partial charge in [-0.2, -0.15) is 0 Å². The van der Waals surface area contributed by atoms with Crippen LogP contribution in [0.2, 0.25) is 0 Å². The molecule has 0 amide bonds. The van der Waals surface area contributed by atoms with Crippen LogP contribution < -0.4 is 5.32 Å². The monoisotopic (exact) mass is 262 g/mol. The molecule has 2 aromatic rings. The molecule has 2 aromatic heterocycles. The van der Waals surface area contributed by atoms with Gasteiger partial charge in [-0.15, -0.1) is 11.3 Å². The normalized spacial score (nSPS) is 12.4. The first kappa shape index (κ1) is 13.0. The van der Waals surface area contributed by atoms with Crippen LogP contribution in [0, 0.1) is 13.8 Å². The molecule has 0 aliphatic heterocycles. The van der Waals surface area contributed by atoms with Crippen molar-refractivity contribution in [3.63, 3.8) is 0 Å². The minimum absolute atomic E-state index is 0.169. The number of nitrogens with one attached hydrogen (secondary N) is 1. The first-order valence-electron chi connectivity index (χ1n) is 6.11. The van der Waals surface area contributed by atoms with Gasteiger partial charge in [0.15, 0.2) is 0 Å². The van der Waals surface area contributed by atoms with Gasteiger partial charge in [-0.25, -0.2) is 15.0 Å². The first-order chi connectivity index (χ1) is 8.58. The summed E-state index contributed by atoms with van der Waals surface area (Å²) < 4.78 is 0. The Morgan fingerprint density at radius 2 is 2.06 bits per heavy atom. The Kier molecular flexibility index (Phi) is 3.91. The lowest BCUT2D eigenvalue weighted by Gasteiger charge is -2.13. The van der Waals surface area contributed by atoms with Gasteiger partial charge in [0.25, 0.3) is 0 Å². The Morgan fingerprint density at radius 1 is 1.28 bits per heavy atom. The van der Waals surface area contributed by atoms with E-state index < -0.39 is 0 Å². The highest BCUT2D eigenvalue weighted by Gasteiger charge is 2.10. The van der Waals surface area contributed by atoms with E-state index in [1.165, 1.54) is 0 Å². The summed E-state index contributed by atoms with van der Waals surface area (Å²) in [5.74, 6) is 1.68. The Hall–Kier alpha value is -1.49. The molecule has 2 rings (SSSR count). The number of anilines is 1. The van der Waals surface area contributed by atoms with E-state index in [9.17, 15) is 0 Å².